The molecule has 2 aromatic carbocycles. The van der Waals surface area contributed by atoms with Gasteiger partial charge in [0, 0.05) is 13.5 Å². The van der Waals surface area contributed by atoms with Crippen LogP contribution in [0.5, 0.6) is 0 Å². The fourth-order valence-corrected chi connectivity index (χ4v) is 3.68. The summed E-state index contributed by atoms with van der Waals surface area (Å²) in [5.41, 5.74) is 1.10. The van der Waals surface area contributed by atoms with Crippen molar-refractivity contribution in [1.29, 1.82) is 0 Å². The summed E-state index contributed by atoms with van der Waals surface area (Å²) in [4.78, 5) is 34.8. The average Bonchev–Trinajstić information content (AvgIpc) is 3.28. The molecule has 0 spiro atoms. The molecule has 2 heterocycles. The number of rotatable bonds is 3. The normalized spacial score (nSPS) is 23.1. The van der Waals surface area contributed by atoms with E-state index in [1.807, 2.05) is 18.2 Å². The first-order valence-corrected chi connectivity index (χ1v) is 9.68. The molecule has 0 saturated carbocycles. The van der Waals surface area contributed by atoms with Crippen molar-refractivity contribution in [2.75, 3.05) is 12.1 Å². The van der Waals surface area contributed by atoms with Crippen molar-refractivity contribution in [3.63, 3.8) is 0 Å². The maximum atomic E-state index is 14.1. The van der Waals surface area contributed by atoms with Crippen molar-refractivity contribution < 1.29 is 18.8 Å². The zero-order valence-electron chi connectivity index (χ0n) is 16.3. The van der Waals surface area contributed by atoms with Crippen LogP contribution in [0.4, 0.5) is 10.1 Å². The Bertz CT molecular complexity index is 1050. The topological polar surface area (TPSA) is 74.6 Å². The molecular formula is C21H18ClFN4O3. The van der Waals surface area contributed by atoms with Gasteiger partial charge in [-0.3, -0.25) is 9.59 Å². The number of aliphatic imine (C=N–C) groups is 1. The summed E-state index contributed by atoms with van der Waals surface area (Å²) in [7, 11) is 1.75. The van der Waals surface area contributed by atoms with Gasteiger partial charge in [0.05, 0.1) is 28.0 Å². The lowest BCUT2D eigenvalue weighted by Gasteiger charge is -2.25. The molecular weight excluding hydrogens is 411 g/mol. The number of nitrogens with zero attached hydrogens (tertiary/aromatic N) is 4. The maximum absolute atomic E-state index is 14.1. The number of halogens is 2. The minimum Gasteiger partial charge on any atom is -0.382 e. The number of para-hydroxylation sites is 1. The molecule has 1 fully saturated rings. The summed E-state index contributed by atoms with van der Waals surface area (Å²) >= 11 is 6.06. The first-order chi connectivity index (χ1) is 14.4. The predicted molar refractivity (Wildman–Crippen MR) is 111 cm³/mol. The van der Waals surface area contributed by atoms with E-state index in [1.54, 1.807) is 31.1 Å². The average molecular weight is 429 g/mol. The number of hydrogen-bond acceptors (Lipinski definition) is 5. The highest BCUT2D eigenvalue weighted by atomic mass is 35.5. The van der Waals surface area contributed by atoms with Crippen LogP contribution in [0.3, 0.4) is 0 Å². The Morgan fingerprint density at radius 2 is 1.97 bits per heavy atom. The summed E-state index contributed by atoms with van der Waals surface area (Å²) in [6.45, 7) is 1.78. The predicted octanol–water partition coefficient (Wildman–Crippen LogP) is 3.22. The van der Waals surface area contributed by atoms with E-state index in [2.05, 4.69) is 10.1 Å². The number of anilines is 1. The zero-order chi connectivity index (χ0) is 21.4. The Morgan fingerprint density at radius 1 is 1.23 bits per heavy atom. The van der Waals surface area contributed by atoms with Crippen molar-refractivity contribution in [2.45, 2.75) is 25.5 Å². The van der Waals surface area contributed by atoms with Crippen LogP contribution in [0.15, 0.2) is 58.7 Å². The number of benzene rings is 2. The lowest BCUT2D eigenvalue weighted by molar-refractivity contribution is -0.127. The first kappa shape index (κ1) is 20.2. The molecule has 30 heavy (non-hydrogen) atoms. The van der Waals surface area contributed by atoms with E-state index in [9.17, 15) is 14.0 Å². The van der Waals surface area contributed by atoms with E-state index in [1.165, 1.54) is 23.2 Å². The number of amides is 2. The summed E-state index contributed by atoms with van der Waals surface area (Å²) < 4.78 is 14.1. The molecule has 2 aromatic rings. The van der Waals surface area contributed by atoms with Crippen LogP contribution in [0.1, 0.15) is 18.9 Å². The Hall–Kier alpha value is -3.10. The fraction of sp³-hybridized carbons (Fsp3) is 0.238. The van der Waals surface area contributed by atoms with Gasteiger partial charge in [0.2, 0.25) is 6.10 Å². The summed E-state index contributed by atoms with van der Waals surface area (Å²) in [6, 6.07) is 12.9. The highest BCUT2D eigenvalue weighted by molar-refractivity contribution is 6.48. The maximum Gasteiger partial charge on any atom is 0.290 e. The number of hydrazine groups is 1. The van der Waals surface area contributed by atoms with Crippen LogP contribution in [0, 0.1) is 5.82 Å². The third-order valence-corrected chi connectivity index (χ3v) is 5.43. The second kappa shape index (κ2) is 7.97. The Kier molecular flexibility index (Phi) is 5.36. The van der Waals surface area contributed by atoms with Crippen molar-refractivity contribution in [3.05, 3.63) is 64.9 Å². The molecule has 0 aromatic heterocycles. The highest BCUT2D eigenvalue weighted by Gasteiger charge is 2.41. The number of carbonyl (C=O) groups is 2. The van der Waals surface area contributed by atoms with Gasteiger partial charge < -0.3 is 4.84 Å². The van der Waals surface area contributed by atoms with Crippen LogP contribution in [-0.4, -0.2) is 47.4 Å². The molecule has 2 amide bonds. The number of oxime groups is 1. The zero-order valence-corrected chi connectivity index (χ0v) is 17.0. The van der Waals surface area contributed by atoms with Crippen molar-refractivity contribution >= 4 is 40.5 Å². The van der Waals surface area contributed by atoms with Gasteiger partial charge in [0.15, 0.2) is 0 Å². The molecule has 2 aliphatic rings. The van der Waals surface area contributed by atoms with E-state index in [4.69, 9.17) is 16.4 Å². The third-order valence-electron chi connectivity index (χ3n) is 5.11. The summed E-state index contributed by atoms with van der Waals surface area (Å²) in [5, 5.41) is 7.17. The minimum atomic E-state index is -1.04. The smallest absolute Gasteiger partial charge is 0.290 e. The van der Waals surface area contributed by atoms with Crippen molar-refractivity contribution in [2.24, 2.45) is 10.1 Å². The second-order valence-electron chi connectivity index (χ2n) is 6.97. The molecule has 0 bridgehead atoms. The number of hydrogen-bond donors (Lipinski definition) is 0. The van der Waals surface area contributed by atoms with Gasteiger partial charge in [-0.05, 0) is 31.2 Å². The van der Waals surface area contributed by atoms with Gasteiger partial charge in [-0.15, -0.1) is 0 Å². The second-order valence-corrected chi connectivity index (χ2v) is 7.38. The Labute approximate surface area is 177 Å². The molecule has 154 valence electrons. The molecule has 7 nitrogen and oxygen atoms in total. The van der Waals surface area contributed by atoms with Crippen LogP contribution in [-0.2, 0) is 14.4 Å². The lowest BCUT2D eigenvalue weighted by Crippen LogP contribution is -2.38. The molecule has 2 aliphatic heterocycles. The van der Waals surface area contributed by atoms with Crippen molar-refractivity contribution in [3.8, 4) is 0 Å². The molecule has 4 rings (SSSR count). The SMILES string of the molecule is CC1C(=NC(=O)C2CC(c3c(F)cccc3Cl)=NO2)C(=O)N(c2ccccc2)N1C. The molecule has 2 atom stereocenters. The summed E-state index contributed by atoms with van der Waals surface area (Å²) in [5.74, 6) is -1.59. The molecule has 0 N–H and O–H groups in total. The van der Waals surface area contributed by atoms with Gasteiger partial charge in [0.1, 0.15) is 11.5 Å². The van der Waals surface area contributed by atoms with E-state index in [-0.39, 0.29) is 34.3 Å². The van der Waals surface area contributed by atoms with Gasteiger partial charge in [0.25, 0.3) is 11.8 Å². The van der Waals surface area contributed by atoms with Crippen LogP contribution < -0.4 is 5.01 Å². The number of carbonyl (C=O) groups excluding carboxylic acids is 2. The molecule has 0 radical (unpaired) electrons. The molecule has 1 saturated heterocycles. The van der Waals surface area contributed by atoms with E-state index in [0.29, 0.717) is 5.69 Å². The highest BCUT2D eigenvalue weighted by Crippen LogP contribution is 2.27. The molecule has 2 unspecified atom stereocenters. The van der Waals surface area contributed by atoms with Gasteiger partial charge >= 0.3 is 0 Å². The Morgan fingerprint density at radius 3 is 2.67 bits per heavy atom. The standard InChI is InChI=1S/C21H18ClFN4O3/c1-12-19(21(29)27(26(12)2)13-7-4-3-5-8-13)24-20(28)17-11-16(25-30-17)18-14(22)9-6-10-15(18)23/h3-10,12,17H,11H2,1-2H3. The molecule has 9 heteroatoms. The van der Waals surface area contributed by atoms with Gasteiger partial charge in [-0.2, -0.15) is 0 Å². The van der Waals surface area contributed by atoms with Gasteiger partial charge in [-0.1, -0.05) is 41.0 Å². The monoisotopic (exact) mass is 428 g/mol. The third kappa shape index (κ3) is 3.48. The largest absolute Gasteiger partial charge is 0.382 e. The van der Waals surface area contributed by atoms with E-state index < -0.39 is 23.9 Å². The van der Waals surface area contributed by atoms with Crippen LogP contribution in [0.2, 0.25) is 5.02 Å². The van der Waals surface area contributed by atoms with Crippen molar-refractivity contribution in [1.82, 2.24) is 5.01 Å². The lowest BCUT2D eigenvalue weighted by atomic mass is 10.0. The first-order valence-electron chi connectivity index (χ1n) is 9.30. The quantitative estimate of drug-likeness (QED) is 0.752. The van der Waals surface area contributed by atoms with Crippen LogP contribution >= 0.6 is 11.6 Å². The van der Waals surface area contributed by atoms with E-state index >= 15 is 0 Å². The van der Waals surface area contributed by atoms with Gasteiger partial charge in [-0.25, -0.2) is 19.4 Å². The summed E-state index contributed by atoms with van der Waals surface area (Å²) in [6.07, 6.45) is -1.03. The Balaban J connectivity index is 1.53. The minimum absolute atomic E-state index is 0.0110. The van der Waals surface area contributed by atoms with E-state index in [0.717, 1.165) is 0 Å². The van der Waals surface area contributed by atoms with Crippen LogP contribution in [0.25, 0.3) is 0 Å². The molecule has 0 aliphatic carbocycles. The fourth-order valence-electron chi connectivity index (χ4n) is 3.41.